The van der Waals surface area contributed by atoms with Crippen molar-refractivity contribution in [2.24, 2.45) is 0 Å². The Labute approximate surface area is 129 Å². The van der Waals surface area contributed by atoms with Crippen LogP contribution in [0.1, 0.15) is 22.8 Å². The van der Waals surface area contributed by atoms with Crippen molar-refractivity contribution in [1.82, 2.24) is 0 Å². The molecule has 0 fully saturated rings. The standard InChI is InChI=1S/C17H16ClNS/c18-13-16(11-12-19)20-17(14-7-3-1-4-8-14)15-9-5-2-6-10-15/h1-10,16-17H,11,13H2. The van der Waals surface area contributed by atoms with Crippen molar-refractivity contribution in [2.45, 2.75) is 16.9 Å². The average Bonchev–Trinajstić information content (AvgIpc) is 2.53. The van der Waals surface area contributed by atoms with Gasteiger partial charge in [0.25, 0.3) is 0 Å². The minimum Gasteiger partial charge on any atom is -0.198 e. The van der Waals surface area contributed by atoms with Gasteiger partial charge in [-0.25, -0.2) is 0 Å². The number of halogens is 1. The van der Waals surface area contributed by atoms with Crippen LogP contribution in [0.3, 0.4) is 0 Å². The molecule has 0 heterocycles. The van der Waals surface area contributed by atoms with E-state index in [4.69, 9.17) is 16.9 Å². The number of thioether (sulfide) groups is 1. The highest BCUT2D eigenvalue weighted by atomic mass is 35.5. The highest BCUT2D eigenvalue weighted by Gasteiger charge is 2.19. The van der Waals surface area contributed by atoms with Gasteiger partial charge in [0.05, 0.1) is 11.3 Å². The van der Waals surface area contributed by atoms with Crippen molar-refractivity contribution < 1.29 is 0 Å². The van der Waals surface area contributed by atoms with Crippen molar-refractivity contribution in [3.63, 3.8) is 0 Å². The molecule has 1 nitrogen and oxygen atoms in total. The summed E-state index contributed by atoms with van der Waals surface area (Å²) in [6, 6.07) is 23.0. The van der Waals surface area contributed by atoms with E-state index in [-0.39, 0.29) is 10.5 Å². The number of rotatable bonds is 6. The molecule has 0 aliphatic carbocycles. The molecule has 2 rings (SSSR count). The van der Waals surface area contributed by atoms with Crippen LogP contribution < -0.4 is 0 Å². The molecular formula is C17H16ClNS. The van der Waals surface area contributed by atoms with E-state index in [1.54, 1.807) is 11.8 Å². The lowest BCUT2D eigenvalue weighted by atomic mass is 10.0. The first kappa shape index (κ1) is 15.0. The van der Waals surface area contributed by atoms with Crippen LogP contribution in [0.4, 0.5) is 0 Å². The third kappa shape index (κ3) is 4.03. The van der Waals surface area contributed by atoms with E-state index >= 15 is 0 Å². The molecular weight excluding hydrogens is 286 g/mol. The molecule has 0 amide bonds. The predicted octanol–water partition coefficient (Wildman–Crippen LogP) is 5.03. The summed E-state index contributed by atoms with van der Waals surface area (Å²) in [5.74, 6) is 0.494. The van der Waals surface area contributed by atoms with E-state index in [0.29, 0.717) is 12.3 Å². The van der Waals surface area contributed by atoms with E-state index in [1.807, 2.05) is 36.4 Å². The first-order valence-electron chi connectivity index (χ1n) is 6.53. The zero-order valence-electron chi connectivity index (χ0n) is 11.1. The molecule has 0 spiro atoms. The molecule has 102 valence electrons. The Morgan fingerprint density at radius 1 is 0.950 bits per heavy atom. The van der Waals surface area contributed by atoms with Crippen LogP contribution in [0.15, 0.2) is 60.7 Å². The maximum atomic E-state index is 8.90. The number of hydrogen-bond donors (Lipinski definition) is 0. The first-order chi connectivity index (χ1) is 9.85. The van der Waals surface area contributed by atoms with Crippen LogP contribution in [0.5, 0.6) is 0 Å². The third-order valence-corrected chi connectivity index (χ3v) is 5.11. The van der Waals surface area contributed by atoms with Crippen LogP contribution in [-0.2, 0) is 0 Å². The van der Waals surface area contributed by atoms with Gasteiger partial charge in [-0.2, -0.15) is 5.26 Å². The Hall–Kier alpha value is -1.43. The lowest BCUT2D eigenvalue weighted by molar-refractivity contribution is 0.983. The van der Waals surface area contributed by atoms with Crippen LogP contribution in [0.25, 0.3) is 0 Å². The Morgan fingerprint density at radius 2 is 1.45 bits per heavy atom. The largest absolute Gasteiger partial charge is 0.198 e. The summed E-state index contributed by atoms with van der Waals surface area (Å²) in [6.45, 7) is 0. The fourth-order valence-corrected chi connectivity index (χ4v) is 3.62. The molecule has 0 saturated heterocycles. The Balaban J connectivity index is 2.28. The van der Waals surface area contributed by atoms with Crippen molar-refractivity contribution in [1.29, 1.82) is 5.26 Å². The summed E-state index contributed by atoms with van der Waals surface area (Å²) in [7, 11) is 0. The summed E-state index contributed by atoms with van der Waals surface area (Å²) in [5, 5.41) is 9.26. The molecule has 0 aliphatic rings. The molecule has 0 aliphatic heterocycles. The molecule has 2 aromatic rings. The highest BCUT2D eigenvalue weighted by Crippen LogP contribution is 2.39. The van der Waals surface area contributed by atoms with Crippen molar-refractivity contribution in [2.75, 3.05) is 5.88 Å². The number of nitrogens with zero attached hydrogens (tertiary/aromatic N) is 1. The Morgan fingerprint density at radius 3 is 1.85 bits per heavy atom. The second kappa shape index (κ2) is 7.99. The van der Waals surface area contributed by atoms with Gasteiger partial charge in [-0.1, -0.05) is 60.7 Å². The maximum absolute atomic E-state index is 8.90. The van der Waals surface area contributed by atoms with E-state index < -0.39 is 0 Å². The zero-order chi connectivity index (χ0) is 14.2. The maximum Gasteiger partial charge on any atom is 0.0633 e. The molecule has 20 heavy (non-hydrogen) atoms. The van der Waals surface area contributed by atoms with Crippen molar-refractivity contribution in [3.8, 4) is 6.07 Å². The monoisotopic (exact) mass is 301 g/mol. The number of hydrogen-bond acceptors (Lipinski definition) is 2. The predicted molar refractivity (Wildman–Crippen MR) is 87.1 cm³/mol. The minimum absolute atomic E-state index is 0.145. The van der Waals surface area contributed by atoms with Crippen molar-refractivity contribution >= 4 is 23.4 Å². The van der Waals surface area contributed by atoms with Crippen LogP contribution in [0.2, 0.25) is 0 Å². The Bertz CT molecular complexity index is 511. The minimum atomic E-state index is 0.145. The quantitative estimate of drug-likeness (QED) is 0.699. The van der Waals surface area contributed by atoms with E-state index in [9.17, 15) is 0 Å². The molecule has 0 saturated carbocycles. The molecule has 0 N–H and O–H groups in total. The van der Waals surface area contributed by atoms with Gasteiger partial charge in [0, 0.05) is 17.6 Å². The zero-order valence-corrected chi connectivity index (χ0v) is 12.6. The lowest BCUT2D eigenvalue weighted by Gasteiger charge is -2.21. The van der Waals surface area contributed by atoms with E-state index in [0.717, 1.165) is 0 Å². The molecule has 2 aromatic carbocycles. The van der Waals surface area contributed by atoms with E-state index in [1.165, 1.54) is 11.1 Å². The fraction of sp³-hybridized carbons (Fsp3) is 0.235. The van der Waals surface area contributed by atoms with Gasteiger partial charge >= 0.3 is 0 Å². The SMILES string of the molecule is N#CCC(CCl)SC(c1ccccc1)c1ccccc1. The summed E-state index contributed by atoms with van der Waals surface area (Å²) < 4.78 is 0. The van der Waals surface area contributed by atoms with Gasteiger partial charge in [0.15, 0.2) is 0 Å². The molecule has 0 radical (unpaired) electrons. The number of nitriles is 1. The second-order valence-corrected chi connectivity index (χ2v) is 6.19. The summed E-state index contributed by atoms with van der Waals surface area (Å²) in [4.78, 5) is 0. The van der Waals surface area contributed by atoms with Gasteiger partial charge in [0.2, 0.25) is 0 Å². The van der Waals surface area contributed by atoms with Gasteiger partial charge < -0.3 is 0 Å². The molecule has 3 heteroatoms. The van der Waals surface area contributed by atoms with Crippen LogP contribution in [0, 0.1) is 11.3 Å². The van der Waals surface area contributed by atoms with Gasteiger partial charge in [-0.3, -0.25) is 0 Å². The molecule has 1 atom stereocenters. The number of alkyl halides is 1. The fourth-order valence-electron chi connectivity index (χ4n) is 2.04. The van der Waals surface area contributed by atoms with Crippen molar-refractivity contribution in [3.05, 3.63) is 71.8 Å². The smallest absolute Gasteiger partial charge is 0.0633 e. The van der Waals surface area contributed by atoms with Gasteiger partial charge in [-0.15, -0.1) is 23.4 Å². The molecule has 0 aromatic heterocycles. The van der Waals surface area contributed by atoms with Crippen LogP contribution >= 0.6 is 23.4 Å². The van der Waals surface area contributed by atoms with Crippen LogP contribution in [-0.4, -0.2) is 11.1 Å². The number of benzene rings is 2. The normalized spacial score (nSPS) is 12.1. The third-order valence-electron chi connectivity index (χ3n) is 3.02. The molecule has 1 unspecified atom stereocenters. The lowest BCUT2D eigenvalue weighted by Crippen LogP contribution is -2.08. The van der Waals surface area contributed by atoms with E-state index in [2.05, 4.69) is 30.3 Å². The Kier molecular flexibility index (Phi) is 5.98. The van der Waals surface area contributed by atoms with Gasteiger partial charge in [0.1, 0.15) is 0 Å². The second-order valence-electron chi connectivity index (χ2n) is 4.48. The topological polar surface area (TPSA) is 23.8 Å². The summed E-state index contributed by atoms with van der Waals surface area (Å²) >= 11 is 7.76. The van der Waals surface area contributed by atoms with Gasteiger partial charge in [-0.05, 0) is 11.1 Å². The summed E-state index contributed by atoms with van der Waals surface area (Å²) in [6.07, 6.45) is 0.477. The summed E-state index contributed by atoms with van der Waals surface area (Å²) in [5.41, 5.74) is 2.49. The average molecular weight is 302 g/mol. The molecule has 0 bridgehead atoms. The highest BCUT2D eigenvalue weighted by molar-refractivity contribution is 8.00. The first-order valence-corrected chi connectivity index (χ1v) is 8.01.